The summed E-state index contributed by atoms with van der Waals surface area (Å²) in [5.74, 6) is -0.107. The van der Waals surface area contributed by atoms with Gasteiger partial charge in [0.2, 0.25) is 0 Å². The number of hydrogen-bond acceptors (Lipinski definition) is 3. The van der Waals surface area contributed by atoms with E-state index in [1.807, 2.05) is 18.2 Å². The molecule has 17 heavy (non-hydrogen) atoms. The van der Waals surface area contributed by atoms with Crippen LogP contribution in [-0.4, -0.2) is 11.0 Å². The largest absolute Gasteiger partial charge is 0.459 e. The first kappa shape index (κ1) is 12.1. The third-order valence-electron chi connectivity index (χ3n) is 4.34. The van der Waals surface area contributed by atoms with Gasteiger partial charge in [-0.25, -0.2) is 0 Å². The number of pyridine rings is 1. The Morgan fingerprint density at radius 2 is 1.94 bits per heavy atom. The summed E-state index contributed by atoms with van der Waals surface area (Å²) in [6, 6.07) is 5.59. The number of hydrogen-bond donors (Lipinski definition) is 0. The van der Waals surface area contributed by atoms with Crippen molar-refractivity contribution in [2.24, 2.45) is 16.7 Å². The van der Waals surface area contributed by atoms with Gasteiger partial charge in [0, 0.05) is 6.20 Å². The van der Waals surface area contributed by atoms with E-state index in [-0.39, 0.29) is 29.3 Å². The van der Waals surface area contributed by atoms with Gasteiger partial charge in [-0.3, -0.25) is 9.78 Å². The summed E-state index contributed by atoms with van der Waals surface area (Å²) >= 11 is 0. The number of carbonyl (C=O) groups excluding carboxylic acids is 1. The Morgan fingerprint density at radius 1 is 1.29 bits per heavy atom. The van der Waals surface area contributed by atoms with Crippen molar-refractivity contribution in [2.75, 3.05) is 0 Å². The molecule has 3 nitrogen and oxygen atoms in total. The molecule has 0 spiro atoms. The molecule has 1 aromatic rings. The van der Waals surface area contributed by atoms with Crippen molar-refractivity contribution in [3.63, 3.8) is 0 Å². The fourth-order valence-electron chi connectivity index (χ4n) is 2.50. The van der Waals surface area contributed by atoms with Crippen molar-refractivity contribution in [3.8, 4) is 0 Å². The zero-order valence-corrected chi connectivity index (χ0v) is 10.9. The molecule has 0 aromatic carbocycles. The molecule has 1 aliphatic rings. The Kier molecular flexibility index (Phi) is 2.72. The lowest BCUT2D eigenvalue weighted by atomic mass is 10.0. The van der Waals surface area contributed by atoms with Crippen LogP contribution >= 0.6 is 0 Å². The fourth-order valence-corrected chi connectivity index (χ4v) is 2.50. The average molecular weight is 233 g/mol. The molecule has 0 aliphatic heterocycles. The van der Waals surface area contributed by atoms with Crippen LogP contribution in [0.5, 0.6) is 0 Å². The van der Waals surface area contributed by atoms with E-state index in [2.05, 4.69) is 32.7 Å². The third kappa shape index (κ3) is 1.94. The van der Waals surface area contributed by atoms with Gasteiger partial charge in [-0.05, 0) is 23.0 Å². The predicted molar refractivity (Wildman–Crippen MR) is 65.1 cm³/mol. The molecule has 0 radical (unpaired) electrons. The molecule has 0 amide bonds. The van der Waals surface area contributed by atoms with Gasteiger partial charge in [-0.2, -0.15) is 0 Å². The number of ether oxygens (including phenoxy) is 1. The summed E-state index contributed by atoms with van der Waals surface area (Å²) in [6.45, 7) is 8.71. The van der Waals surface area contributed by atoms with Crippen LogP contribution in [0.15, 0.2) is 24.4 Å². The van der Waals surface area contributed by atoms with Gasteiger partial charge in [0.25, 0.3) is 0 Å². The molecule has 0 saturated heterocycles. The molecule has 0 N–H and O–H groups in total. The minimum atomic E-state index is -0.106. The molecule has 0 atom stereocenters. The summed E-state index contributed by atoms with van der Waals surface area (Å²) in [5.41, 5.74) is 0.861. The van der Waals surface area contributed by atoms with E-state index in [0.29, 0.717) is 0 Å². The number of aromatic nitrogens is 1. The van der Waals surface area contributed by atoms with E-state index in [1.54, 1.807) is 6.20 Å². The van der Waals surface area contributed by atoms with Crippen LogP contribution in [0.3, 0.4) is 0 Å². The fraction of sp³-hybridized carbons (Fsp3) is 0.571. The molecule has 1 aromatic heterocycles. The van der Waals surface area contributed by atoms with Crippen LogP contribution in [0.4, 0.5) is 0 Å². The molecule has 2 rings (SSSR count). The maximum atomic E-state index is 12.0. The van der Waals surface area contributed by atoms with Crippen molar-refractivity contribution < 1.29 is 9.53 Å². The quantitative estimate of drug-likeness (QED) is 0.754. The summed E-state index contributed by atoms with van der Waals surface area (Å²) in [5, 5.41) is 0. The summed E-state index contributed by atoms with van der Waals surface area (Å²) < 4.78 is 5.32. The molecule has 1 fully saturated rings. The second-order valence-electron chi connectivity index (χ2n) is 5.81. The number of nitrogens with zero attached hydrogens (tertiary/aromatic N) is 1. The Balaban J connectivity index is 1.92. The van der Waals surface area contributed by atoms with Gasteiger partial charge in [-0.1, -0.05) is 33.8 Å². The van der Waals surface area contributed by atoms with Crippen molar-refractivity contribution in [2.45, 2.75) is 34.3 Å². The molecule has 1 saturated carbocycles. The summed E-state index contributed by atoms with van der Waals surface area (Å²) in [4.78, 5) is 16.1. The normalized spacial score (nSPS) is 20.9. The molecule has 1 heterocycles. The van der Waals surface area contributed by atoms with Crippen molar-refractivity contribution in [3.05, 3.63) is 30.1 Å². The Labute approximate surface area is 102 Å². The van der Waals surface area contributed by atoms with Crippen LogP contribution in [0.2, 0.25) is 0 Å². The van der Waals surface area contributed by atoms with Gasteiger partial charge in [-0.15, -0.1) is 0 Å². The minimum absolute atomic E-state index is 0.00119. The lowest BCUT2D eigenvalue weighted by Gasteiger charge is -2.05. The number of esters is 1. The van der Waals surface area contributed by atoms with Gasteiger partial charge >= 0.3 is 5.97 Å². The molecule has 0 unspecified atom stereocenters. The van der Waals surface area contributed by atoms with Crippen LogP contribution in [0.25, 0.3) is 0 Å². The second kappa shape index (κ2) is 3.83. The average Bonchev–Trinajstić information content (AvgIpc) is 2.68. The SMILES string of the molecule is CC1(C)C(C(=O)OCc2ccccn2)C1(C)C. The highest BCUT2D eigenvalue weighted by atomic mass is 16.5. The van der Waals surface area contributed by atoms with E-state index in [0.717, 1.165) is 5.69 Å². The highest BCUT2D eigenvalue weighted by Gasteiger charge is 2.69. The van der Waals surface area contributed by atoms with Gasteiger partial charge < -0.3 is 4.74 Å². The topological polar surface area (TPSA) is 39.2 Å². The van der Waals surface area contributed by atoms with Crippen molar-refractivity contribution >= 4 is 5.97 Å². The van der Waals surface area contributed by atoms with Gasteiger partial charge in [0.05, 0.1) is 11.6 Å². The van der Waals surface area contributed by atoms with Crippen molar-refractivity contribution in [1.29, 1.82) is 0 Å². The number of carbonyl (C=O) groups is 1. The van der Waals surface area contributed by atoms with Crippen LogP contribution < -0.4 is 0 Å². The smallest absolute Gasteiger partial charge is 0.310 e. The van der Waals surface area contributed by atoms with Crippen LogP contribution in [0, 0.1) is 16.7 Å². The van der Waals surface area contributed by atoms with Crippen LogP contribution in [0.1, 0.15) is 33.4 Å². The predicted octanol–water partition coefficient (Wildman–Crippen LogP) is 2.81. The Morgan fingerprint density at radius 3 is 2.41 bits per heavy atom. The van der Waals surface area contributed by atoms with E-state index in [1.165, 1.54) is 0 Å². The highest BCUT2D eigenvalue weighted by molar-refractivity contribution is 5.78. The first-order valence-corrected chi connectivity index (χ1v) is 5.94. The molecule has 0 bridgehead atoms. The van der Waals surface area contributed by atoms with Crippen LogP contribution in [-0.2, 0) is 16.1 Å². The van der Waals surface area contributed by atoms with Gasteiger partial charge in [0.1, 0.15) is 6.61 Å². The lowest BCUT2D eigenvalue weighted by molar-refractivity contribution is -0.148. The van der Waals surface area contributed by atoms with Gasteiger partial charge in [0.15, 0.2) is 0 Å². The molecule has 3 heteroatoms. The first-order chi connectivity index (χ1) is 7.87. The minimum Gasteiger partial charge on any atom is -0.459 e. The lowest BCUT2D eigenvalue weighted by Crippen LogP contribution is -2.11. The van der Waals surface area contributed by atoms with E-state index in [4.69, 9.17) is 4.74 Å². The Hall–Kier alpha value is -1.38. The standard InChI is InChI=1S/C14H19NO2/c1-13(2)11(14(13,3)4)12(16)17-9-10-7-5-6-8-15-10/h5-8,11H,9H2,1-4H3. The molecular formula is C14H19NO2. The van der Waals surface area contributed by atoms with E-state index < -0.39 is 0 Å². The second-order valence-corrected chi connectivity index (χ2v) is 5.81. The molecule has 92 valence electrons. The first-order valence-electron chi connectivity index (χ1n) is 5.94. The number of rotatable bonds is 3. The monoisotopic (exact) mass is 233 g/mol. The highest BCUT2D eigenvalue weighted by Crippen LogP contribution is 2.68. The zero-order valence-electron chi connectivity index (χ0n) is 10.9. The maximum absolute atomic E-state index is 12.0. The third-order valence-corrected chi connectivity index (χ3v) is 4.34. The van der Waals surface area contributed by atoms with E-state index >= 15 is 0 Å². The zero-order chi connectivity index (χ0) is 12.7. The Bertz CT molecular complexity index is 409. The summed E-state index contributed by atoms with van der Waals surface area (Å²) in [7, 11) is 0. The summed E-state index contributed by atoms with van der Waals surface area (Å²) in [6.07, 6.45) is 1.70. The van der Waals surface area contributed by atoms with E-state index in [9.17, 15) is 4.79 Å². The molecule has 1 aliphatic carbocycles. The van der Waals surface area contributed by atoms with Crippen molar-refractivity contribution in [1.82, 2.24) is 4.98 Å². The maximum Gasteiger partial charge on any atom is 0.310 e. The molecular weight excluding hydrogens is 214 g/mol.